The molecule has 412 valence electrons. The van der Waals surface area contributed by atoms with Crippen LogP contribution in [-0.4, -0.2) is 145 Å². The lowest BCUT2D eigenvalue weighted by atomic mass is 9.93. The van der Waals surface area contributed by atoms with Crippen molar-refractivity contribution in [2.24, 2.45) is 0 Å². The van der Waals surface area contributed by atoms with Gasteiger partial charge in [0.15, 0.2) is 0 Å². The van der Waals surface area contributed by atoms with Crippen LogP contribution in [-0.2, 0) is 54.6 Å². The number of rotatable bonds is 15. The van der Waals surface area contributed by atoms with Gasteiger partial charge in [0.1, 0.15) is 58.1 Å². The number of carboxylic acid groups (broad SMARTS) is 1. The Morgan fingerprint density at radius 1 is 0.730 bits per heavy atom. The topological polar surface area (TPSA) is 301 Å². The highest BCUT2D eigenvalue weighted by molar-refractivity contribution is 7.89. The average molecular weight is 1060 g/mol. The van der Waals surface area contributed by atoms with Crippen molar-refractivity contribution in [1.29, 1.82) is 0 Å². The van der Waals surface area contributed by atoms with Crippen molar-refractivity contribution in [2.45, 2.75) is 162 Å². The number of benzene rings is 2. The van der Waals surface area contributed by atoms with E-state index in [-0.39, 0.29) is 72.5 Å². The molecule has 5 amide bonds. The molecule has 1 aliphatic rings. The van der Waals surface area contributed by atoms with Gasteiger partial charge in [-0.15, -0.1) is 0 Å². The first-order chi connectivity index (χ1) is 33.8. The first kappa shape index (κ1) is 61.6. The van der Waals surface area contributed by atoms with Gasteiger partial charge in [-0.1, -0.05) is 12.1 Å². The summed E-state index contributed by atoms with van der Waals surface area (Å²) < 4.78 is 63.0. The molecule has 2 aromatic carbocycles. The van der Waals surface area contributed by atoms with Gasteiger partial charge in [-0.25, -0.2) is 37.1 Å². The summed E-state index contributed by atoms with van der Waals surface area (Å²) in [5, 5.41) is 17.8. The Balaban J connectivity index is 2.29. The molecule has 0 aliphatic carbocycles. The maximum absolute atomic E-state index is 15.0. The number of nitrogens with one attached hydrogen (secondary N) is 4. The second-order valence-corrected chi connectivity index (χ2v) is 23.6. The zero-order valence-corrected chi connectivity index (χ0v) is 45.8. The lowest BCUT2D eigenvalue weighted by molar-refractivity contribution is -0.143. The number of ether oxygens (including phenoxy) is 6. The highest BCUT2D eigenvalue weighted by Gasteiger charge is 2.37. The van der Waals surface area contributed by atoms with E-state index in [1.54, 1.807) is 83.1 Å². The van der Waals surface area contributed by atoms with Crippen molar-refractivity contribution in [1.82, 2.24) is 30.5 Å². The molecule has 24 heteroatoms. The fourth-order valence-corrected chi connectivity index (χ4v) is 8.22. The van der Waals surface area contributed by atoms with E-state index in [1.807, 2.05) is 0 Å². The Labute approximate surface area is 433 Å². The maximum Gasteiger partial charge on any atom is 0.514 e. The number of nitrogens with zero attached hydrogens (tertiary/aromatic N) is 2. The number of amides is 5. The summed E-state index contributed by atoms with van der Waals surface area (Å²) in [6.45, 7) is 20.6. The van der Waals surface area contributed by atoms with Gasteiger partial charge in [0, 0.05) is 44.7 Å². The zero-order valence-electron chi connectivity index (χ0n) is 45.0. The number of carbonyl (C=O) groups excluding carboxylic acids is 7. The van der Waals surface area contributed by atoms with Gasteiger partial charge >= 0.3 is 30.5 Å². The van der Waals surface area contributed by atoms with E-state index in [9.17, 15) is 51.9 Å². The summed E-state index contributed by atoms with van der Waals surface area (Å²) in [6.07, 6.45) is -3.94. The molecule has 0 spiro atoms. The highest BCUT2D eigenvalue weighted by atomic mass is 32.2. The standard InChI is InChI=1S/C50H74N6O17S/c1-29-39(57)53-35(42(60)61)27-30-19-21-36(68-45(64)72-49(8,9)10)32(26-30)33-28-31(20-22-37(33)69-46(65)73-50(11,12)13)38(40(58)52-29)56(15)41(59)34(18-16-17-23-51-43(62)70-47(2,3)4)54-74(66,67)25-24-55(14)44(63)71-48(5,6)7/h19-22,26,28-29,34-35,38,54H,16-18,23-25,27H2,1-15H3,(H,51,62)(H,52,58)(H,53,57)(H,60,61)/t29-,34-,35-,38-/m0/s1. The first-order valence-electron chi connectivity index (χ1n) is 23.9. The molecule has 0 fully saturated rings. The van der Waals surface area contributed by atoms with Gasteiger partial charge in [0.05, 0.1) is 5.75 Å². The highest BCUT2D eigenvalue weighted by Crippen LogP contribution is 2.41. The van der Waals surface area contributed by atoms with Crippen molar-refractivity contribution in [3.8, 4) is 22.6 Å². The Morgan fingerprint density at radius 2 is 1.26 bits per heavy atom. The van der Waals surface area contributed by atoms with E-state index in [2.05, 4.69) is 20.7 Å². The minimum atomic E-state index is -4.41. The molecule has 23 nitrogen and oxygen atoms in total. The molecule has 1 aliphatic heterocycles. The van der Waals surface area contributed by atoms with E-state index < -0.39 is 111 Å². The van der Waals surface area contributed by atoms with Crippen LogP contribution in [0.5, 0.6) is 11.5 Å². The molecule has 3 rings (SSSR count). The first-order valence-corrected chi connectivity index (χ1v) is 25.6. The number of sulfonamides is 1. The van der Waals surface area contributed by atoms with E-state index >= 15 is 0 Å². The number of fused-ring (bicyclic) bond motifs is 5. The van der Waals surface area contributed by atoms with Gasteiger partial charge in [0.2, 0.25) is 27.7 Å². The van der Waals surface area contributed by atoms with Crippen LogP contribution < -0.4 is 30.1 Å². The quantitative estimate of drug-likeness (QED) is 0.0595. The molecule has 0 radical (unpaired) electrons. The van der Waals surface area contributed by atoms with Gasteiger partial charge in [-0.05, 0) is 145 Å². The largest absolute Gasteiger partial charge is 0.514 e. The van der Waals surface area contributed by atoms with Crippen molar-refractivity contribution in [3.63, 3.8) is 0 Å². The summed E-state index contributed by atoms with van der Waals surface area (Å²) in [6, 6.07) is 1.84. The Morgan fingerprint density at radius 3 is 1.78 bits per heavy atom. The second kappa shape index (κ2) is 25.0. The molecule has 74 heavy (non-hydrogen) atoms. The monoisotopic (exact) mass is 1060 g/mol. The molecular formula is C50H74N6O17S. The SMILES string of the molecule is C[C@@H]1NC(=O)[C@@H](N(C)C(=O)[C@H](CCCCNC(=O)OC(C)(C)C)NS(=O)(=O)CCN(C)C(=O)OC(C)(C)C)c2ccc(OC(=O)OC(C)(C)C)c(c2)-c2cc(ccc2OC(=O)OC(C)(C)C)C[C@@H](C(=O)O)NC1=O. The predicted molar refractivity (Wildman–Crippen MR) is 270 cm³/mol. The predicted octanol–water partition coefficient (Wildman–Crippen LogP) is 5.96. The Hall–Kier alpha value is -6.69. The number of hydrogen-bond acceptors (Lipinski definition) is 16. The second-order valence-electron chi connectivity index (χ2n) is 21.7. The fraction of sp³-hybridized carbons (Fsp3) is 0.600. The van der Waals surface area contributed by atoms with Crippen molar-refractivity contribution in [3.05, 3.63) is 47.5 Å². The number of aliphatic carboxylic acids is 1. The number of likely N-dealkylation sites (N-methyl/N-ethyl adjacent to an activating group) is 1. The van der Waals surface area contributed by atoms with Crippen LogP contribution in [0.15, 0.2) is 36.4 Å². The number of carboxylic acids is 1. The molecule has 0 saturated carbocycles. The molecule has 0 aromatic heterocycles. The molecule has 4 atom stereocenters. The normalized spacial score (nSPS) is 16.9. The summed E-state index contributed by atoms with van der Waals surface area (Å²) in [5.74, 6) is -5.39. The van der Waals surface area contributed by atoms with Crippen LogP contribution in [0.25, 0.3) is 11.1 Å². The fourth-order valence-electron chi connectivity index (χ4n) is 6.93. The third-order valence-electron chi connectivity index (χ3n) is 10.2. The lowest BCUT2D eigenvalue weighted by Gasteiger charge is -2.32. The van der Waals surface area contributed by atoms with E-state index in [0.29, 0.717) is 0 Å². The molecule has 4 bridgehead atoms. The summed E-state index contributed by atoms with van der Waals surface area (Å²) in [7, 11) is -1.86. The molecular weight excluding hydrogens is 989 g/mol. The van der Waals surface area contributed by atoms with Crippen molar-refractivity contribution in [2.75, 3.05) is 32.9 Å². The number of carbonyl (C=O) groups is 8. The van der Waals surface area contributed by atoms with Gasteiger partial charge in [-0.3, -0.25) is 14.4 Å². The van der Waals surface area contributed by atoms with E-state index in [1.165, 1.54) is 57.4 Å². The molecule has 0 unspecified atom stereocenters. The van der Waals surface area contributed by atoms with Crippen LogP contribution in [0.1, 0.15) is 126 Å². The summed E-state index contributed by atoms with van der Waals surface area (Å²) in [4.78, 5) is 109. The number of hydrogen-bond donors (Lipinski definition) is 5. The third-order valence-corrected chi connectivity index (χ3v) is 11.6. The van der Waals surface area contributed by atoms with Gasteiger partial charge in [-0.2, -0.15) is 0 Å². The smallest absolute Gasteiger partial charge is 0.480 e. The molecule has 2 aromatic rings. The van der Waals surface area contributed by atoms with Crippen LogP contribution >= 0.6 is 0 Å². The minimum absolute atomic E-state index is 0.00579. The Bertz CT molecular complexity index is 2510. The summed E-state index contributed by atoms with van der Waals surface area (Å²) >= 11 is 0. The molecule has 0 saturated heterocycles. The third kappa shape index (κ3) is 20.7. The maximum atomic E-state index is 15.0. The van der Waals surface area contributed by atoms with E-state index in [0.717, 1.165) is 9.80 Å². The summed E-state index contributed by atoms with van der Waals surface area (Å²) in [5.41, 5.74) is -3.49. The zero-order chi connectivity index (χ0) is 56.3. The van der Waals surface area contributed by atoms with Crippen LogP contribution in [0.2, 0.25) is 0 Å². The minimum Gasteiger partial charge on any atom is -0.480 e. The Kier molecular flexibility index (Phi) is 20.8. The average Bonchev–Trinajstić information content (AvgIpc) is 3.22. The number of alkyl carbamates (subject to hydrolysis) is 1. The van der Waals surface area contributed by atoms with Crippen molar-refractivity contribution >= 4 is 58.2 Å². The van der Waals surface area contributed by atoms with Crippen LogP contribution in [0.4, 0.5) is 19.2 Å². The van der Waals surface area contributed by atoms with Crippen LogP contribution in [0.3, 0.4) is 0 Å². The van der Waals surface area contributed by atoms with Gasteiger partial charge in [0.25, 0.3) is 0 Å². The van der Waals surface area contributed by atoms with E-state index in [4.69, 9.17) is 28.4 Å². The van der Waals surface area contributed by atoms with Crippen LogP contribution in [0, 0.1) is 0 Å². The number of unbranched alkanes of at least 4 members (excludes halogenated alkanes) is 1. The molecule has 5 N–H and O–H groups in total. The van der Waals surface area contributed by atoms with Crippen molar-refractivity contribution < 1.29 is 80.3 Å². The molecule has 1 heterocycles. The van der Waals surface area contributed by atoms with Gasteiger partial charge < -0.3 is 59.3 Å². The lowest BCUT2D eigenvalue weighted by Crippen LogP contribution is -2.55.